The van der Waals surface area contributed by atoms with Crippen LogP contribution in [0.1, 0.15) is 49.8 Å². The highest BCUT2D eigenvalue weighted by Gasteiger charge is 2.55. The second-order valence-electron chi connectivity index (χ2n) is 6.32. The number of benzene rings is 1. The van der Waals surface area contributed by atoms with E-state index in [4.69, 9.17) is 0 Å². The number of nitrogens with one attached hydrogen (secondary N) is 1. The molecule has 0 spiro atoms. The number of fused-ring (bicyclic) bond motifs is 1. The van der Waals surface area contributed by atoms with Crippen LogP contribution >= 0.6 is 0 Å². The van der Waals surface area contributed by atoms with Crippen molar-refractivity contribution in [2.75, 3.05) is 6.54 Å². The maximum Gasteiger partial charge on any atom is 0.133 e. The van der Waals surface area contributed by atoms with Gasteiger partial charge in [-0.15, -0.1) is 0 Å². The molecule has 0 aliphatic heterocycles. The van der Waals surface area contributed by atoms with Gasteiger partial charge in [0.1, 0.15) is 11.6 Å². The van der Waals surface area contributed by atoms with Gasteiger partial charge in [0, 0.05) is 11.6 Å². The summed E-state index contributed by atoms with van der Waals surface area (Å²) in [5.41, 5.74) is 0.805. The van der Waals surface area contributed by atoms with E-state index < -0.39 is 5.82 Å². The molecule has 0 aromatic heterocycles. The van der Waals surface area contributed by atoms with Gasteiger partial charge in [-0.25, -0.2) is 8.78 Å². The topological polar surface area (TPSA) is 12.0 Å². The van der Waals surface area contributed by atoms with Crippen LogP contribution in [0.25, 0.3) is 0 Å². The molecule has 3 heteroatoms. The number of halogens is 2. The number of hydrogen-bond donors (Lipinski definition) is 1. The Labute approximate surface area is 119 Å². The second-order valence-corrected chi connectivity index (χ2v) is 6.32. The molecule has 1 N–H and O–H groups in total. The van der Waals surface area contributed by atoms with E-state index in [9.17, 15) is 8.78 Å². The SMILES string of the molecule is CCNC(c1c(F)ccc(C)c1F)C1C2CCCCC21. The van der Waals surface area contributed by atoms with Crippen molar-refractivity contribution in [3.05, 3.63) is 34.9 Å². The van der Waals surface area contributed by atoms with Crippen molar-refractivity contribution in [3.63, 3.8) is 0 Å². The van der Waals surface area contributed by atoms with Crippen LogP contribution in [-0.2, 0) is 0 Å². The van der Waals surface area contributed by atoms with E-state index in [0.29, 0.717) is 23.3 Å². The smallest absolute Gasteiger partial charge is 0.133 e. The first-order valence-electron chi connectivity index (χ1n) is 7.83. The van der Waals surface area contributed by atoms with E-state index in [0.717, 1.165) is 6.54 Å². The molecule has 2 fully saturated rings. The lowest BCUT2D eigenvalue weighted by molar-refractivity contribution is 0.413. The molecule has 0 bridgehead atoms. The molecule has 3 unspecified atom stereocenters. The van der Waals surface area contributed by atoms with Crippen LogP contribution in [-0.4, -0.2) is 6.54 Å². The molecule has 0 amide bonds. The highest BCUT2D eigenvalue weighted by atomic mass is 19.1. The molecule has 20 heavy (non-hydrogen) atoms. The zero-order chi connectivity index (χ0) is 14.3. The number of hydrogen-bond acceptors (Lipinski definition) is 1. The van der Waals surface area contributed by atoms with E-state index in [-0.39, 0.29) is 17.4 Å². The van der Waals surface area contributed by atoms with Gasteiger partial charge in [0.25, 0.3) is 0 Å². The zero-order valence-electron chi connectivity index (χ0n) is 12.3. The lowest BCUT2D eigenvalue weighted by Gasteiger charge is -2.21. The summed E-state index contributed by atoms with van der Waals surface area (Å²) in [6.07, 6.45) is 5.00. The third-order valence-electron chi connectivity index (χ3n) is 5.16. The molecule has 1 aromatic rings. The van der Waals surface area contributed by atoms with Gasteiger partial charge in [-0.3, -0.25) is 0 Å². The van der Waals surface area contributed by atoms with E-state index in [1.807, 2.05) is 6.92 Å². The Morgan fingerprint density at radius 3 is 2.45 bits per heavy atom. The fourth-order valence-corrected chi connectivity index (χ4v) is 4.16. The summed E-state index contributed by atoms with van der Waals surface area (Å²) in [4.78, 5) is 0. The molecular weight excluding hydrogens is 256 g/mol. The molecule has 0 radical (unpaired) electrons. The summed E-state index contributed by atoms with van der Waals surface area (Å²) in [7, 11) is 0. The minimum Gasteiger partial charge on any atom is -0.310 e. The minimum atomic E-state index is -0.400. The molecule has 1 nitrogen and oxygen atoms in total. The third kappa shape index (κ3) is 2.26. The van der Waals surface area contributed by atoms with Crippen LogP contribution in [0.3, 0.4) is 0 Å². The van der Waals surface area contributed by atoms with E-state index in [2.05, 4.69) is 5.32 Å². The van der Waals surface area contributed by atoms with Crippen LogP contribution in [0.4, 0.5) is 8.78 Å². The van der Waals surface area contributed by atoms with Crippen molar-refractivity contribution < 1.29 is 8.78 Å². The van der Waals surface area contributed by atoms with Crippen LogP contribution < -0.4 is 5.32 Å². The van der Waals surface area contributed by atoms with Gasteiger partial charge >= 0.3 is 0 Å². The Hall–Kier alpha value is -0.960. The van der Waals surface area contributed by atoms with Crippen LogP contribution in [0.5, 0.6) is 0 Å². The van der Waals surface area contributed by atoms with Crippen LogP contribution in [0, 0.1) is 36.3 Å². The summed E-state index contributed by atoms with van der Waals surface area (Å²) >= 11 is 0. The number of aryl methyl sites for hydroxylation is 1. The predicted molar refractivity (Wildman–Crippen MR) is 76.5 cm³/mol. The quantitative estimate of drug-likeness (QED) is 0.863. The molecule has 0 saturated heterocycles. The van der Waals surface area contributed by atoms with Crippen molar-refractivity contribution in [2.45, 2.75) is 45.6 Å². The predicted octanol–water partition coefficient (Wildman–Crippen LogP) is 4.36. The van der Waals surface area contributed by atoms with Crippen molar-refractivity contribution in [1.82, 2.24) is 5.32 Å². The van der Waals surface area contributed by atoms with Gasteiger partial charge in [-0.1, -0.05) is 25.8 Å². The molecule has 110 valence electrons. The lowest BCUT2D eigenvalue weighted by Crippen LogP contribution is -2.26. The van der Waals surface area contributed by atoms with Gasteiger partial charge in [0.2, 0.25) is 0 Å². The summed E-state index contributed by atoms with van der Waals surface area (Å²) < 4.78 is 28.6. The van der Waals surface area contributed by atoms with Crippen LogP contribution in [0.15, 0.2) is 12.1 Å². The Balaban J connectivity index is 1.93. The summed E-state index contributed by atoms with van der Waals surface area (Å²) in [5.74, 6) is 1.00. The standard InChI is InChI=1S/C17H23F2N/c1-3-20-17(14-11-6-4-5-7-12(11)14)15-13(18)9-8-10(2)16(15)19/h8-9,11-12,14,17,20H,3-7H2,1-2H3. The van der Waals surface area contributed by atoms with E-state index >= 15 is 0 Å². The first-order chi connectivity index (χ1) is 9.65. The Kier molecular flexibility index (Phi) is 3.80. The van der Waals surface area contributed by atoms with Gasteiger partial charge in [-0.05, 0) is 55.7 Å². The Bertz CT molecular complexity index is 488. The van der Waals surface area contributed by atoms with Crippen molar-refractivity contribution in [3.8, 4) is 0 Å². The zero-order valence-corrected chi connectivity index (χ0v) is 12.3. The molecular formula is C17H23F2N. The number of rotatable bonds is 4. The van der Waals surface area contributed by atoms with Crippen molar-refractivity contribution in [1.29, 1.82) is 0 Å². The maximum atomic E-state index is 14.4. The molecule has 2 aliphatic carbocycles. The Morgan fingerprint density at radius 1 is 1.20 bits per heavy atom. The lowest BCUT2D eigenvalue weighted by atomic mass is 9.96. The first kappa shape index (κ1) is 14.0. The van der Waals surface area contributed by atoms with Gasteiger partial charge in [0.05, 0.1) is 0 Å². The first-order valence-corrected chi connectivity index (χ1v) is 7.83. The highest BCUT2D eigenvalue weighted by molar-refractivity contribution is 5.31. The minimum absolute atomic E-state index is 0.159. The molecule has 3 rings (SSSR count). The molecule has 3 atom stereocenters. The summed E-state index contributed by atoms with van der Waals surface area (Å²) in [5, 5.41) is 3.35. The molecule has 2 aliphatic rings. The van der Waals surface area contributed by atoms with E-state index in [1.165, 1.54) is 37.8 Å². The second kappa shape index (κ2) is 5.44. The summed E-state index contributed by atoms with van der Waals surface area (Å²) in [6, 6.07) is 2.77. The third-order valence-corrected chi connectivity index (χ3v) is 5.16. The maximum absolute atomic E-state index is 14.4. The fourth-order valence-electron chi connectivity index (χ4n) is 4.16. The molecule has 1 aromatic carbocycles. The van der Waals surface area contributed by atoms with Gasteiger partial charge < -0.3 is 5.32 Å². The largest absolute Gasteiger partial charge is 0.310 e. The fraction of sp³-hybridized carbons (Fsp3) is 0.647. The molecule has 2 saturated carbocycles. The summed E-state index contributed by atoms with van der Waals surface area (Å²) in [6.45, 7) is 4.46. The molecule has 0 heterocycles. The monoisotopic (exact) mass is 279 g/mol. The van der Waals surface area contributed by atoms with E-state index in [1.54, 1.807) is 6.92 Å². The average molecular weight is 279 g/mol. The Morgan fingerprint density at radius 2 is 1.85 bits per heavy atom. The van der Waals surface area contributed by atoms with Gasteiger partial charge in [-0.2, -0.15) is 0 Å². The normalized spacial score (nSPS) is 29.9. The van der Waals surface area contributed by atoms with Gasteiger partial charge in [0.15, 0.2) is 0 Å². The van der Waals surface area contributed by atoms with Crippen LogP contribution in [0.2, 0.25) is 0 Å². The highest BCUT2D eigenvalue weighted by Crippen LogP contribution is 2.60. The van der Waals surface area contributed by atoms with Crippen molar-refractivity contribution in [2.24, 2.45) is 17.8 Å². The van der Waals surface area contributed by atoms with Crippen molar-refractivity contribution >= 4 is 0 Å². The average Bonchev–Trinajstić information content (AvgIpc) is 3.16.